The van der Waals surface area contributed by atoms with Crippen LogP contribution in [0.2, 0.25) is 0 Å². The maximum Gasteiger partial charge on any atom is 0.319 e. The monoisotopic (exact) mass is 350 g/mol. The molecule has 126 valence electrons. The number of benzene rings is 2. The number of anilines is 1. The topological polar surface area (TPSA) is 50.4 Å². The van der Waals surface area contributed by atoms with Gasteiger partial charge in [0.1, 0.15) is 17.4 Å². The molecule has 0 saturated carbocycles. The van der Waals surface area contributed by atoms with Gasteiger partial charge in [-0.25, -0.2) is 13.6 Å². The summed E-state index contributed by atoms with van der Waals surface area (Å²) in [5.74, 6) is 0.227. The predicted octanol–water partition coefficient (Wildman–Crippen LogP) is 4.33. The van der Waals surface area contributed by atoms with Crippen LogP contribution in [0.4, 0.5) is 19.3 Å². The van der Waals surface area contributed by atoms with Crippen molar-refractivity contribution in [2.24, 2.45) is 0 Å². The van der Waals surface area contributed by atoms with Crippen molar-refractivity contribution in [2.75, 3.05) is 18.2 Å². The minimum Gasteiger partial charge on any atom is -0.494 e. The Bertz CT molecular complexity index is 770. The van der Waals surface area contributed by atoms with Gasteiger partial charge in [0, 0.05) is 16.7 Å². The Labute approximate surface area is 142 Å². The van der Waals surface area contributed by atoms with Crippen LogP contribution in [0.1, 0.15) is 18.0 Å². The van der Waals surface area contributed by atoms with Crippen LogP contribution in [-0.4, -0.2) is 18.9 Å². The molecular weight excluding hydrogens is 334 g/mol. The molecule has 0 saturated heterocycles. The van der Waals surface area contributed by atoms with Crippen molar-refractivity contribution in [1.82, 2.24) is 5.32 Å². The number of hydrogen-bond acceptors (Lipinski definition) is 3. The number of nitrogens with one attached hydrogen (secondary N) is 2. The molecule has 0 radical (unpaired) electrons. The molecule has 0 aromatic heterocycles. The van der Waals surface area contributed by atoms with E-state index in [2.05, 4.69) is 10.6 Å². The maximum atomic E-state index is 13.9. The van der Waals surface area contributed by atoms with E-state index in [1.807, 2.05) is 6.07 Å². The summed E-state index contributed by atoms with van der Waals surface area (Å²) >= 11 is 1.45. The maximum absolute atomic E-state index is 13.9. The number of fused-ring (bicyclic) bond motifs is 1. The summed E-state index contributed by atoms with van der Waals surface area (Å²) in [5.41, 5.74) is 1.13. The second-order valence-electron chi connectivity index (χ2n) is 5.29. The molecule has 4 nitrogen and oxygen atoms in total. The Morgan fingerprint density at radius 3 is 2.92 bits per heavy atom. The van der Waals surface area contributed by atoms with E-state index in [9.17, 15) is 13.6 Å². The normalized spacial score (nSPS) is 16.2. The fourth-order valence-corrected chi connectivity index (χ4v) is 3.76. The number of rotatable bonds is 3. The molecule has 7 heteroatoms. The van der Waals surface area contributed by atoms with Crippen LogP contribution in [0.15, 0.2) is 41.3 Å². The number of amides is 2. The molecule has 1 atom stereocenters. The van der Waals surface area contributed by atoms with Crippen molar-refractivity contribution in [3.63, 3.8) is 0 Å². The van der Waals surface area contributed by atoms with Crippen LogP contribution >= 0.6 is 11.8 Å². The van der Waals surface area contributed by atoms with Crippen LogP contribution in [0.25, 0.3) is 0 Å². The molecule has 2 aromatic rings. The second kappa shape index (κ2) is 7.09. The summed E-state index contributed by atoms with van der Waals surface area (Å²) in [5, 5.41) is 5.48. The zero-order valence-corrected chi connectivity index (χ0v) is 13.8. The van der Waals surface area contributed by atoms with E-state index in [4.69, 9.17) is 4.74 Å². The van der Waals surface area contributed by atoms with E-state index in [0.29, 0.717) is 17.0 Å². The van der Waals surface area contributed by atoms with Gasteiger partial charge < -0.3 is 15.4 Å². The molecule has 1 unspecified atom stereocenters. The smallest absolute Gasteiger partial charge is 0.319 e. The number of methoxy groups -OCH3 is 1. The number of carbonyl (C=O) groups is 1. The first-order valence-corrected chi connectivity index (χ1v) is 8.39. The minimum atomic E-state index is -0.452. The first-order valence-electron chi connectivity index (χ1n) is 7.40. The number of halogens is 2. The van der Waals surface area contributed by atoms with E-state index < -0.39 is 11.8 Å². The summed E-state index contributed by atoms with van der Waals surface area (Å²) < 4.78 is 32.1. The molecule has 0 spiro atoms. The van der Waals surface area contributed by atoms with Gasteiger partial charge in [0.2, 0.25) is 0 Å². The Kier molecular flexibility index (Phi) is 4.89. The first-order chi connectivity index (χ1) is 11.6. The van der Waals surface area contributed by atoms with Gasteiger partial charge >= 0.3 is 6.03 Å². The standard InChI is InChI=1S/C17H16F2N2O2S/c1-23-15-9-10(18)5-6-14(15)21-17(22)20-13-7-8-24-16-11(13)3-2-4-12(16)19/h2-6,9,13H,7-8H2,1H3,(H2,20,21,22). The first kappa shape index (κ1) is 16.6. The predicted molar refractivity (Wildman–Crippen MR) is 89.6 cm³/mol. The van der Waals surface area contributed by atoms with E-state index in [-0.39, 0.29) is 17.6 Å². The molecule has 1 aliphatic heterocycles. The van der Waals surface area contributed by atoms with Gasteiger partial charge in [-0.15, -0.1) is 11.8 Å². The highest BCUT2D eigenvalue weighted by Gasteiger charge is 2.24. The fraction of sp³-hybridized carbons (Fsp3) is 0.235. The summed E-state index contributed by atoms with van der Waals surface area (Å²) in [6, 6.07) is 7.99. The molecule has 0 fully saturated rings. The largest absolute Gasteiger partial charge is 0.494 e. The molecule has 2 aromatic carbocycles. The molecule has 2 N–H and O–H groups in total. The lowest BCUT2D eigenvalue weighted by atomic mass is 10.0. The molecule has 0 aliphatic carbocycles. The third kappa shape index (κ3) is 3.46. The second-order valence-corrected chi connectivity index (χ2v) is 6.40. The summed E-state index contributed by atoms with van der Waals surface area (Å²) in [4.78, 5) is 12.8. The van der Waals surface area contributed by atoms with Gasteiger partial charge in [-0.05, 0) is 30.2 Å². The van der Waals surface area contributed by atoms with Crippen LogP contribution in [-0.2, 0) is 0 Å². The fourth-order valence-electron chi connectivity index (χ4n) is 2.62. The third-order valence-corrected chi connectivity index (χ3v) is 4.90. The van der Waals surface area contributed by atoms with Crippen molar-refractivity contribution >= 4 is 23.5 Å². The molecule has 3 rings (SSSR count). The van der Waals surface area contributed by atoms with E-state index in [0.717, 1.165) is 11.3 Å². The molecular formula is C17H16F2N2O2S. The molecule has 24 heavy (non-hydrogen) atoms. The van der Waals surface area contributed by atoms with Crippen molar-refractivity contribution in [2.45, 2.75) is 17.4 Å². The van der Waals surface area contributed by atoms with Gasteiger partial charge in [-0.1, -0.05) is 12.1 Å². The zero-order chi connectivity index (χ0) is 17.1. The van der Waals surface area contributed by atoms with Crippen molar-refractivity contribution < 1.29 is 18.3 Å². The summed E-state index contributed by atoms with van der Waals surface area (Å²) in [6.07, 6.45) is 0.703. The average Bonchev–Trinajstić information content (AvgIpc) is 2.57. The van der Waals surface area contributed by atoms with Crippen molar-refractivity contribution in [3.8, 4) is 5.75 Å². The summed E-state index contributed by atoms with van der Waals surface area (Å²) in [6.45, 7) is 0. The number of ether oxygens (including phenoxy) is 1. The Morgan fingerprint density at radius 1 is 1.29 bits per heavy atom. The highest BCUT2D eigenvalue weighted by Crippen LogP contribution is 2.37. The number of hydrogen-bond donors (Lipinski definition) is 2. The quantitative estimate of drug-likeness (QED) is 0.866. The van der Waals surface area contributed by atoms with Gasteiger partial charge in [0.25, 0.3) is 0 Å². The van der Waals surface area contributed by atoms with E-state index in [1.165, 1.54) is 43.1 Å². The van der Waals surface area contributed by atoms with Crippen LogP contribution in [0, 0.1) is 11.6 Å². The lowest BCUT2D eigenvalue weighted by Gasteiger charge is -2.26. The summed E-state index contributed by atoms with van der Waals surface area (Å²) in [7, 11) is 1.40. The minimum absolute atomic E-state index is 0.232. The van der Waals surface area contributed by atoms with Gasteiger partial charge in [-0.3, -0.25) is 0 Å². The van der Waals surface area contributed by atoms with E-state index in [1.54, 1.807) is 6.07 Å². The highest BCUT2D eigenvalue weighted by molar-refractivity contribution is 7.99. The van der Waals surface area contributed by atoms with Crippen LogP contribution in [0.3, 0.4) is 0 Å². The van der Waals surface area contributed by atoms with Gasteiger partial charge in [0.05, 0.1) is 18.8 Å². The number of carbonyl (C=O) groups excluding carboxylic acids is 1. The average molecular weight is 350 g/mol. The SMILES string of the molecule is COc1cc(F)ccc1NC(=O)NC1CCSc2c(F)cccc21. The Morgan fingerprint density at radius 2 is 2.12 bits per heavy atom. The van der Waals surface area contributed by atoms with Crippen LogP contribution < -0.4 is 15.4 Å². The van der Waals surface area contributed by atoms with Gasteiger partial charge in [0.15, 0.2) is 0 Å². The van der Waals surface area contributed by atoms with Crippen molar-refractivity contribution in [3.05, 3.63) is 53.6 Å². The highest BCUT2D eigenvalue weighted by atomic mass is 32.2. The van der Waals surface area contributed by atoms with Crippen molar-refractivity contribution in [1.29, 1.82) is 0 Å². The zero-order valence-electron chi connectivity index (χ0n) is 12.9. The molecule has 1 aliphatic rings. The number of urea groups is 1. The molecule has 0 bridgehead atoms. The Balaban J connectivity index is 1.74. The number of thioether (sulfide) groups is 1. The van der Waals surface area contributed by atoms with Crippen LogP contribution in [0.5, 0.6) is 5.75 Å². The lowest BCUT2D eigenvalue weighted by molar-refractivity contribution is 0.247. The van der Waals surface area contributed by atoms with E-state index >= 15 is 0 Å². The third-order valence-electron chi connectivity index (χ3n) is 3.74. The molecule has 1 heterocycles. The van der Waals surface area contributed by atoms with Gasteiger partial charge in [-0.2, -0.15) is 0 Å². The Hall–Kier alpha value is -2.28. The lowest BCUT2D eigenvalue weighted by Crippen LogP contribution is -2.34. The molecule has 2 amide bonds.